The summed E-state index contributed by atoms with van der Waals surface area (Å²) in [7, 11) is 0. The van der Waals surface area contributed by atoms with E-state index < -0.39 is 17.7 Å². The first kappa shape index (κ1) is 15.5. The molecule has 0 N–H and O–H groups in total. The summed E-state index contributed by atoms with van der Waals surface area (Å²) in [6, 6.07) is 9.32. The highest BCUT2D eigenvalue weighted by Crippen LogP contribution is 2.31. The minimum Gasteiger partial charge on any atom is -0.299 e. The van der Waals surface area contributed by atoms with Crippen molar-refractivity contribution in [1.29, 1.82) is 0 Å². The monoisotopic (exact) mass is 313 g/mol. The molecule has 0 radical (unpaired) electrons. The Morgan fingerprint density at radius 1 is 1.14 bits per heavy atom. The maximum absolute atomic E-state index is 12.6. The normalized spacial score (nSPS) is 13.0. The van der Waals surface area contributed by atoms with Gasteiger partial charge in [-0.3, -0.25) is 4.79 Å². The molecule has 110 valence electrons. The lowest BCUT2D eigenvalue weighted by atomic mass is 9.91. The molecule has 1 unspecified atom stereocenters. The summed E-state index contributed by atoms with van der Waals surface area (Å²) in [5.74, 6) is -0.949. The third-order valence-electron chi connectivity index (χ3n) is 3.01. The Bertz CT molecular complexity index is 653. The number of nitrogens with zero attached hydrogens (tertiary/aromatic N) is 1. The van der Waals surface area contributed by atoms with Crippen LogP contribution in [-0.2, 0) is 11.0 Å². The second-order valence-electron chi connectivity index (χ2n) is 4.55. The molecule has 0 aliphatic rings. The van der Waals surface area contributed by atoms with Crippen LogP contribution in [0.2, 0.25) is 5.15 Å². The molecule has 0 bridgehead atoms. The van der Waals surface area contributed by atoms with Gasteiger partial charge in [-0.05, 0) is 36.8 Å². The van der Waals surface area contributed by atoms with Gasteiger partial charge in [0, 0.05) is 0 Å². The molecule has 21 heavy (non-hydrogen) atoms. The molecule has 6 heteroatoms. The van der Waals surface area contributed by atoms with E-state index in [0.717, 1.165) is 12.1 Å². The first-order valence-corrected chi connectivity index (χ1v) is 6.47. The lowest BCUT2D eigenvalue weighted by Gasteiger charge is -2.15. The van der Waals surface area contributed by atoms with Crippen molar-refractivity contribution in [3.63, 3.8) is 0 Å². The molecule has 0 saturated carbocycles. The molecule has 1 aromatic carbocycles. The fourth-order valence-electron chi connectivity index (χ4n) is 2.06. The summed E-state index contributed by atoms with van der Waals surface area (Å²) in [5, 5.41) is 0.227. The van der Waals surface area contributed by atoms with Crippen molar-refractivity contribution in [3.05, 3.63) is 64.4 Å². The van der Waals surface area contributed by atoms with Crippen LogP contribution in [0.1, 0.15) is 29.7 Å². The minimum absolute atomic E-state index is 0.218. The number of Topliss-reactive ketones (excluding diaryl/α,β-unsaturated/α-hetero) is 1. The van der Waals surface area contributed by atoms with Crippen LogP contribution in [0.3, 0.4) is 0 Å². The van der Waals surface area contributed by atoms with E-state index >= 15 is 0 Å². The van der Waals surface area contributed by atoms with Gasteiger partial charge in [0.15, 0.2) is 0 Å². The number of rotatable bonds is 3. The highest BCUT2D eigenvalue weighted by Gasteiger charge is 2.30. The summed E-state index contributed by atoms with van der Waals surface area (Å²) in [6.45, 7) is 1.37. The van der Waals surface area contributed by atoms with Crippen molar-refractivity contribution in [1.82, 2.24) is 4.98 Å². The molecule has 2 nitrogen and oxygen atoms in total. The van der Waals surface area contributed by atoms with E-state index in [2.05, 4.69) is 4.98 Å². The van der Waals surface area contributed by atoms with Crippen LogP contribution < -0.4 is 0 Å². The number of carbonyl (C=O) groups excluding carboxylic acids is 1. The van der Waals surface area contributed by atoms with Gasteiger partial charge in [0.25, 0.3) is 0 Å². The van der Waals surface area contributed by atoms with Gasteiger partial charge in [-0.15, -0.1) is 0 Å². The Morgan fingerprint density at radius 3 is 2.24 bits per heavy atom. The maximum atomic E-state index is 12.6. The molecule has 1 heterocycles. The molecule has 0 spiro atoms. The van der Waals surface area contributed by atoms with Crippen molar-refractivity contribution in [2.45, 2.75) is 19.0 Å². The lowest BCUT2D eigenvalue weighted by molar-refractivity contribution is -0.137. The average molecular weight is 314 g/mol. The van der Waals surface area contributed by atoms with Crippen LogP contribution in [0.5, 0.6) is 0 Å². The molecule has 1 aromatic heterocycles. The fourth-order valence-corrected chi connectivity index (χ4v) is 2.23. The molecule has 0 aliphatic carbocycles. The van der Waals surface area contributed by atoms with Crippen LogP contribution in [0.25, 0.3) is 0 Å². The standard InChI is InChI=1S/C15H11ClF3NO/c1-9(21)14(12-3-2-4-13(16)20-12)10-5-7-11(8-6-10)15(17,18)19/h2-8,14H,1H3. The SMILES string of the molecule is CC(=O)C(c1ccc(C(F)(F)F)cc1)c1cccc(Cl)n1. The summed E-state index contributed by atoms with van der Waals surface area (Å²) < 4.78 is 37.7. The molecule has 2 rings (SSSR count). The summed E-state index contributed by atoms with van der Waals surface area (Å²) in [4.78, 5) is 15.9. The molecular weight excluding hydrogens is 303 g/mol. The van der Waals surface area contributed by atoms with E-state index in [1.54, 1.807) is 18.2 Å². The quantitative estimate of drug-likeness (QED) is 0.782. The lowest BCUT2D eigenvalue weighted by Crippen LogP contribution is -2.13. The fraction of sp³-hybridized carbons (Fsp3) is 0.200. The van der Waals surface area contributed by atoms with Gasteiger partial charge in [-0.25, -0.2) is 4.98 Å². The Balaban J connectivity index is 2.42. The van der Waals surface area contributed by atoms with E-state index in [0.29, 0.717) is 11.3 Å². The third kappa shape index (κ3) is 3.61. The van der Waals surface area contributed by atoms with Gasteiger partial charge in [0.05, 0.1) is 17.2 Å². The van der Waals surface area contributed by atoms with Gasteiger partial charge in [-0.1, -0.05) is 29.8 Å². The minimum atomic E-state index is -4.40. The van der Waals surface area contributed by atoms with Crippen molar-refractivity contribution in [2.24, 2.45) is 0 Å². The van der Waals surface area contributed by atoms with Crippen molar-refractivity contribution >= 4 is 17.4 Å². The van der Waals surface area contributed by atoms with Gasteiger partial charge in [-0.2, -0.15) is 13.2 Å². The largest absolute Gasteiger partial charge is 0.416 e. The van der Waals surface area contributed by atoms with Crippen LogP contribution in [0, 0.1) is 0 Å². The third-order valence-corrected chi connectivity index (χ3v) is 3.22. The highest BCUT2D eigenvalue weighted by atomic mass is 35.5. The second kappa shape index (κ2) is 5.85. The second-order valence-corrected chi connectivity index (χ2v) is 4.94. The molecule has 1 atom stereocenters. The van der Waals surface area contributed by atoms with Crippen molar-refractivity contribution in [3.8, 4) is 0 Å². The predicted molar refractivity (Wildman–Crippen MR) is 73.2 cm³/mol. The van der Waals surface area contributed by atoms with Gasteiger partial charge in [0.2, 0.25) is 0 Å². The zero-order valence-corrected chi connectivity index (χ0v) is 11.7. The number of alkyl halides is 3. The molecule has 0 amide bonds. The molecular formula is C15H11ClF3NO. The molecule has 0 saturated heterocycles. The number of pyridine rings is 1. The van der Waals surface area contributed by atoms with E-state index in [1.165, 1.54) is 19.1 Å². The van der Waals surface area contributed by atoms with Gasteiger partial charge >= 0.3 is 6.18 Å². The number of hydrogen-bond acceptors (Lipinski definition) is 2. The molecule has 0 aliphatic heterocycles. The van der Waals surface area contributed by atoms with Crippen LogP contribution in [-0.4, -0.2) is 10.8 Å². The molecule has 2 aromatic rings. The Kier molecular flexibility index (Phi) is 4.32. The van der Waals surface area contributed by atoms with Crippen LogP contribution in [0.4, 0.5) is 13.2 Å². The van der Waals surface area contributed by atoms with Crippen LogP contribution >= 0.6 is 11.6 Å². The van der Waals surface area contributed by atoms with E-state index in [1.807, 2.05) is 0 Å². The zero-order valence-electron chi connectivity index (χ0n) is 11.0. The average Bonchev–Trinajstić information content (AvgIpc) is 2.38. The van der Waals surface area contributed by atoms with E-state index in [9.17, 15) is 18.0 Å². The Morgan fingerprint density at radius 2 is 1.76 bits per heavy atom. The smallest absolute Gasteiger partial charge is 0.299 e. The number of carbonyl (C=O) groups is 1. The molecule has 0 fully saturated rings. The summed E-state index contributed by atoms with van der Waals surface area (Å²) in [6.07, 6.45) is -4.40. The number of hydrogen-bond donors (Lipinski definition) is 0. The van der Waals surface area contributed by atoms with E-state index in [4.69, 9.17) is 11.6 Å². The number of ketones is 1. The highest BCUT2D eigenvalue weighted by molar-refractivity contribution is 6.29. The van der Waals surface area contributed by atoms with Crippen molar-refractivity contribution in [2.75, 3.05) is 0 Å². The van der Waals surface area contributed by atoms with Gasteiger partial charge < -0.3 is 0 Å². The first-order valence-electron chi connectivity index (χ1n) is 6.09. The number of aromatic nitrogens is 1. The number of halogens is 4. The Hall–Kier alpha value is -1.88. The first-order chi connectivity index (χ1) is 9.79. The summed E-state index contributed by atoms with van der Waals surface area (Å²) >= 11 is 5.79. The van der Waals surface area contributed by atoms with Crippen molar-refractivity contribution < 1.29 is 18.0 Å². The Labute approximate surface area is 124 Å². The zero-order chi connectivity index (χ0) is 15.6. The maximum Gasteiger partial charge on any atom is 0.416 e. The van der Waals surface area contributed by atoms with Crippen LogP contribution in [0.15, 0.2) is 42.5 Å². The van der Waals surface area contributed by atoms with Gasteiger partial charge in [0.1, 0.15) is 10.9 Å². The van der Waals surface area contributed by atoms with E-state index in [-0.39, 0.29) is 10.9 Å². The topological polar surface area (TPSA) is 30.0 Å². The number of benzene rings is 1. The predicted octanol–water partition coefficient (Wildman–Crippen LogP) is 4.47. The summed E-state index contributed by atoms with van der Waals surface area (Å²) in [5.41, 5.74) is 0.104.